The van der Waals surface area contributed by atoms with Gasteiger partial charge in [0, 0.05) is 29.8 Å². The molecule has 0 saturated carbocycles. The summed E-state index contributed by atoms with van der Waals surface area (Å²) >= 11 is 3.55. The molecule has 3 heteroatoms. The fourth-order valence-corrected chi connectivity index (χ4v) is 2.76. The van der Waals surface area contributed by atoms with Gasteiger partial charge in [0.05, 0.1) is 0 Å². The molecule has 0 aromatic heterocycles. The number of nitrogens with zero attached hydrogens (tertiary/aromatic N) is 1. The van der Waals surface area contributed by atoms with Gasteiger partial charge < -0.3 is 10.2 Å². The summed E-state index contributed by atoms with van der Waals surface area (Å²) in [6.45, 7) is 4.47. The maximum Gasteiger partial charge on any atom is 0.0367 e. The third-order valence-corrected chi connectivity index (χ3v) is 4.70. The lowest BCUT2D eigenvalue weighted by Gasteiger charge is -2.27. The molecule has 0 bridgehead atoms. The Bertz CT molecular complexity index is 386. The van der Waals surface area contributed by atoms with Gasteiger partial charge in [-0.15, -0.1) is 0 Å². The molecule has 2 nitrogen and oxygen atoms in total. The van der Waals surface area contributed by atoms with E-state index < -0.39 is 0 Å². The molecule has 1 atom stereocenters. The summed E-state index contributed by atoms with van der Waals surface area (Å²) in [6, 6.07) is 7.29. The standard InChI is InChI=1S/C15H23BrN2/c1-12-11-14(6-7-15(12)16)18(2)10-8-13-5-3-4-9-17-13/h6-7,11,13,17H,3-5,8-10H2,1-2H3. The Labute approximate surface area is 119 Å². The Hall–Kier alpha value is -0.540. The number of piperidine rings is 1. The predicted molar refractivity (Wildman–Crippen MR) is 82.4 cm³/mol. The van der Waals surface area contributed by atoms with Gasteiger partial charge in [-0.1, -0.05) is 22.4 Å². The Morgan fingerprint density at radius 2 is 2.22 bits per heavy atom. The molecular formula is C15H23BrN2. The highest BCUT2D eigenvalue weighted by Gasteiger charge is 2.13. The molecule has 1 heterocycles. The van der Waals surface area contributed by atoms with Gasteiger partial charge >= 0.3 is 0 Å². The third kappa shape index (κ3) is 3.72. The minimum Gasteiger partial charge on any atom is -0.375 e. The summed E-state index contributed by atoms with van der Waals surface area (Å²) in [5.74, 6) is 0. The van der Waals surface area contributed by atoms with Gasteiger partial charge in [0.25, 0.3) is 0 Å². The van der Waals surface area contributed by atoms with Crippen LogP contribution in [0.4, 0.5) is 5.69 Å². The van der Waals surface area contributed by atoms with Crippen LogP contribution in [0.15, 0.2) is 22.7 Å². The fraction of sp³-hybridized carbons (Fsp3) is 0.600. The van der Waals surface area contributed by atoms with Crippen LogP contribution in [0.25, 0.3) is 0 Å². The summed E-state index contributed by atoms with van der Waals surface area (Å²) < 4.78 is 1.19. The van der Waals surface area contributed by atoms with Crippen molar-refractivity contribution in [1.29, 1.82) is 0 Å². The minimum absolute atomic E-state index is 0.720. The third-order valence-electron chi connectivity index (χ3n) is 3.81. The van der Waals surface area contributed by atoms with Crippen LogP contribution < -0.4 is 10.2 Å². The molecule has 1 unspecified atom stereocenters. The first kappa shape index (κ1) is 13.9. The molecule has 1 saturated heterocycles. The van der Waals surface area contributed by atoms with Crippen LogP contribution in [0.1, 0.15) is 31.2 Å². The van der Waals surface area contributed by atoms with Crippen molar-refractivity contribution in [3.8, 4) is 0 Å². The van der Waals surface area contributed by atoms with Gasteiger partial charge in [-0.05, 0) is 56.5 Å². The van der Waals surface area contributed by atoms with E-state index in [1.165, 1.54) is 48.0 Å². The summed E-state index contributed by atoms with van der Waals surface area (Å²) in [6.07, 6.45) is 5.32. The quantitative estimate of drug-likeness (QED) is 0.911. The molecule has 1 aliphatic rings. The van der Waals surface area contributed by atoms with Crippen LogP contribution in [0, 0.1) is 6.92 Å². The number of hydrogen-bond donors (Lipinski definition) is 1. The first-order chi connectivity index (χ1) is 8.66. The first-order valence-corrected chi connectivity index (χ1v) is 7.67. The zero-order valence-corrected chi connectivity index (χ0v) is 13.0. The van der Waals surface area contributed by atoms with E-state index in [2.05, 4.69) is 58.3 Å². The lowest BCUT2D eigenvalue weighted by molar-refractivity contribution is 0.384. The monoisotopic (exact) mass is 310 g/mol. The highest BCUT2D eigenvalue weighted by molar-refractivity contribution is 9.10. The van der Waals surface area contributed by atoms with E-state index in [0.29, 0.717) is 0 Å². The van der Waals surface area contributed by atoms with Crippen LogP contribution in [0.5, 0.6) is 0 Å². The molecule has 1 aromatic carbocycles. The molecule has 0 spiro atoms. The molecule has 0 aliphatic carbocycles. The zero-order valence-electron chi connectivity index (χ0n) is 11.4. The van der Waals surface area contributed by atoms with Gasteiger partial charge in [-0.25, -0.2) is 0 Å². The van der Waals surface area contributed by atoms with Crippen LogP contribution in [0.2, 0.25) is 0 Å². The van der Waals surface area contributed by atoms with Gasteiger partial charge in [0.15, 0.2) is 0 Å². The number of nitrogens with one attached hydrogen (secondary N) is 1. The summed E-state index contributed by atoms with van der Waals surface area (Å²) in [5.41, 5.74) is 2.61. The topological polar surface area (TPSA) is 15.3 Å². The first-order valence-electron chi connectivity index (χ1n) is 6.87. The second kappa shape index (κ2) is 6.58. The highest BCUT2D eigenvalue weighted by atomic mass is 79.9. The van der Waals surface area contributed by atoms with E-state index >= 15 is 0 Å². The van der Waals surface area contributed by atoms with E-state index in [0.717, 1.165) is 12.6 Å². The van der Waals surface area contributed by atoms with E-state index in [4.69, 9.17) is 0 Å². The Morgan fingerprint density at radius 3 is 2.89 bits per heavy atom. The lowest BCUT2D eigenvalue weighted by Crippen LogP contribution is -2.36. The number of benzene rings is 1. The van der Waals surface area contributed by atoms with E-state index in [1.54, 1.807) is 0 Å². The van der Waals surface area contributed by atoms with Crippen molar-refractivity contribution in [2.24, 2.45) is 0 Å². The van der Waals surface area contributed by atoms with Gasteiger partial charge in [0.1, 0.15) is 0 Å². The van der Waals surface area contributed by atoms with E-state index in [-0.39, 0.29) is 0 Å². The Balaban J connectivity index is 1.86. The summed E-state index contributed by atoms with van der Waals surface area (Å²) in [4.78, 5) is 2.36. The molecule has 1 N–H and O–H groups in total. The molecule has 1 aromatic rings. The second-order valence-electron chi connectivity index (χ2n) is 5.29. The number of anilines is 1. The van der Waals surface area contributed by atoms with Crippen molar-refractivity contribution < 1.29 is 0 Å². The van der Waals surface area contributed by atoms with Crippen molar-refractivity contribution in [2.45, 2.75) is 38.6 Å². The summed E-state index contributed by atoms with van der Waals surface area (Å²) in [5, 5.41) is 3.61. The minimum atomic E-state index is 0.720. The number of aryl methyl sites for hydroxylation is 1. The fourth-order valence-electron chi connectivity index (χ4n) is 2.52. The normalized spacial score (nSPS) is 19.8. The molecule has 18 heavy (non-hydrogen) atoms. The Kier molecular flexibility index (Phi) is 5.07. The molecule has 1 aliphatic heterocycles. The zero-order chi connectivity index (χ0) is 13.0. The maximum absolute atomic E-state index is 3.61. The van der Waals surface area contributed by atoms with Crippen LogP contribution in [-0.2, 0) is 0 Å². The van der Waals surface area contributed by atoms with Gasteiger partial charge in [0.2, 0.25) is 0 Å². The Morgan fingerprint density at radius 1 is 1.39 bits per heavy atom. The van der Waals surface area contributed by atoms with Crippen molar-refractivity contribution in [1.82, 2.24) is 5.32 Å². The molecule has 1 fully saturated rings. The van der Waals surface area contributed by atoms with Crippen molar-refractivity contribution in [2.75, 3.05) is 25.0 Å². The second-order valence-corrected chi connectivity index (χ2v) is 6.14. The number of halogens is 1. The predicted octanol–water partition coefficient (Wildman–Crippen LogP) is 3.73. The van der Waals surface area contributed by atoms with Crippen molar-refractivity contribution in [3.05, 3.63) is 28.2 Å². The smallest absolute Gasteiger partial charge is 0.0367 e. The average Bonchev–Trinajstić information content (AvgIpc) is 2.40. The van der Waals surface area contributed by atoms with Gasteiger partial charge in [-0.2, -0.15) is 0 Å². The average molecular weight is 311 g/mol. The van der Waals surface area contributed by atoms with Crippen molar-refractivity contribution in [3.63, 3.8) is 0 Å². The maximum atomic E-state index is 3.61. The van der Waals surface area contributed by atoms with Crippen LogP contribution in [0.3, 0.4) is 0 Å². The van der Waals surface area contributed by atoms with Crippen LogP contribution >= 0.6 is 15.9 Å². The van der Waals surface area contributed by atoms with E-state index in [9.17, 15) is 0 Å². The molecule has 100 valence electrons. The van der Waals surface area contributed by atoms with Crippen LogP contribution in [-0.4, -0.2) is 26.2 Å². The molecular weight excluding hydrogens is 288 g/mol. The van der Waals surface area contributed by atoms with Gasteiger partial charge in [-0.3, -0.25) is 0 Å². The molecule has 2 rings (SSSR count). The SMILES string of the molecule is Cc1cc(N(C)CCC2CCCCN2)ccc1Br. The van der Waals surface area contributed by atoms with Crippen molar-refractivity contribution >= 4 is 21.6 Å². The molecule has 0 amide bonds. The number of hydrogen-bond acceptors (Lipinski definition) is 2. The molecule has 0 radical (unpaired) electrons. The highest BCUT2D eigenvalue weighted by Crippen LogP contribution is 2.22. The largest absolute Gasteiger partial charge is 0.375 e. The summed E-state index contributed by atoms with van der Waals surface area (Å²) in [7, 11) is 2.19. The number of rotatable bonds is 4. The lowest BCUT2D eigenvalue weighted by atomic mass is 10.0. The van der Waals surface area contributed by atoms with E-state index in [1.807, 2.05) is 0 Å².